The van der Waals surface area contributed by atoms with Crippen molar-refractivity contribution in [3.05, 3.63) is 66.3 Å². The standard InChI is InChI=1S/C25H30N6O3/c32-22-12-17-31(25(33)28-14-10-19-6-2-1-3-7-19)16-5-9-20(11-15-27-22)24-29-23(30-34-24)21-8-4-13-26-18-21/h1-4,6-8,13,18,20H,5,9-12,14-17H2,(H,27,32)(H,28,33). The largest absolute Gasteiger partial charge is 0.356 e. The summed E-state index contributed by atoms with van der Waals surface area (Å²) in [6.07, 6.45) is 6.68. The molecule has 34 heavy (non-hydrogen) atoms. The smallest absolute Gasteiger partial charge is 0.317 e. The van der Waals surface area contributed by atoms with Gasteiger partial charge in [-0.25, -0.2) is 4.79 Å². The maximum absolute atomic E-state index is 12.8. The lowest BCUT2D eigenvalue weighted by molar-refractivity contribution is -0.121. The molecular weight excluding hydrogens is 432 g/mol. The van der Waals surface area contributed by atoms with Crippen LogP contribution < -0.4 is 10.6 Å². The molecule has 1 fully saturated rings. The Labute approximate surface area is 199 Å². The SMILES string of the molecule is O=C1CCN(C(=O)NCCc2ccccc2)CCCC(c2nc(-c3cccnc3)no2)CCN1. The maximum atomic E-state index is 12.8. The molecule has 9 nitrogen and oxygen atoms in total. The first-order chi connectivity index (χ1) is 16.7. The average Bonchev–Trinajstić information content (AvgIpc) is 3.35. The van der Waals surface area contributed by atoms with E-state index in [4.69, 9.17) is 4.52 Å². The van der Waals surface area contributed by atoms with Crippen LogP contribution in [-0.2, 0) is 11.2 Å². The van der Waals surface area contributed by atoms with Crippen molar-refractivity contribution in [2.75, 3.05) is 26.2 Å². The number of hydrogen-bond acceptors (Lipinski definition) is 6. The Balaban J connectivity index is 1.35. The molecule has 3 heterocycles. The number of hydrogen-bond donors (Lipinski definition) is 2. The second-order valence-corrected chi connectivity index (χ2v) is 8.38. The second kappa shape index (κ2) is 11.9. The molecule has 178 valence electrons. The number of nitrogens with one attached hydrogen (secondary N) is 2. The van der Waals surface area contributed by atoms with Gasteiger partial charge in [0.15, 0.2) is 0 Å². The predicted octanol–water partition coefficient (Wildman–Crippen LogP) is 3.16. The van der Waals surface area contributed by atoms with Crippen LogP contribution in [0.5, 0.6) is 0 Å². The van der Waals surface area contributed by atoms with Gasteiger partial charge in [0.05, 0.1) is 0 Å². The zero-order valence-corrected chi connectivity index (χ0v) is 19.2. The summed E-state index contributed by atoms with van der Waals surface area (Å²) in [6, 6.07) is 13.6. The van der Waals surface area contributed by atoms with E-state index in [1.54, 1.807) is 17.3 Å². The summed E-state index contributed by atoms with van der Waals surface area (Å²) in [4.78, 5) is 35.5. The van der Waals surface area contributed by atoms with E-state index < -0.39 is 0 Å². The molecule has 0 saturated carbocycles. The third-order valence-electron chi connectivity index (χ3n) is 5.94. The Morgan fingerprint density at radius 3 is 2.85 bits per heavy atom. The zero-order valence-electron chi connectivity index (χ0n) is 19.2. The molecule has 1 aliphatic heterocycles. The van der Waals surface area contributed by atoms with Crippen LogP contribution in [0, 0.1) is 0 Å². The first-order valence-electron chi connectivity index (χ1n) is 11.8. The molecule has 0 spiro atoms. The van der Waals surface area contributed by atoms with E-state index >= 15 is 0 Å². The van der Waals surface area contributed by atoms with Gasteiger partial charge in [-0.3, -0.25) is 9.78 Å². The highest BCUT2D eigenvalue weighted by molar-refractivity contribution is 5.78. The Kier molecular flexibility index (Phi) is 8.21. The number of carbonyl (C=O) groups is 2. The summed E-state index contributed by atoms with van der Waals surface area (Å²) < 4.78 is 5.56. The minimum Gasteiger partial charge on any atom is -0.356 e. The highest BCUT2D eigenvalue weighted by Crippen LogP contribution is 2.26. The summed E-state index contributed by atoms with van der Waals surface area (Å²) in [5.74, 6) is 0.982. The molecule has 4 rings (SSSR count). The number of benzene rings is 1. The number of amides is 3. The number of carbonyl (C=O) groups excluding carboxylic acids is 2. The number of urea groups is 1. The van der Waals surface area contributed by atoms with Gasteiger partial charge in [0, 0.05) is 56.5 Å². The van der Waals surface area contributed by atoms with Gasteiger partial charge in [-0.15, -0.1) is 0 Å². The molecule has 1 atom stereocenters. The van der Waals surface area contributed by atoms with Gasteiger partial charge < -0.3 is 20.1 Å². The van der Waals surface area contributed by atoms with Crippen molar-refractivity contribution in [3.8, 4) is 11.4 Å². The summed E-state index contributed by atoms with van der Waals surface area (Å²) in [5.41, 5.74) is 1.97. The summed E-state index contributed by atoms with van der Waals surface area (Å²) in [6.45, 7) is 2.02. The average molecular weight is 463 g/mol. The van der Waals surface area contributed by atoms with Gasteiger partial charge in [0.25, 0.3) is 0 Å². The number of rotatable bonds is 5. The van der Waals surface area contributed by atoms with Crippen LogP contribution in [0.15, 0.2) is 59.4 Å². The molecular formula is C25H30N6O3. The van der Waals surface area contributed by atoms with Gasteiger partial charge >= 0.3 is 6.03 Å². The molecule has 1 unspecified atom stereocenters. The van der Waals surface area contributed by atoms with Crippen LogP contribution in [-0.4, -0.2) is 58.1 Å². The van der Waals surface area contributed by atoms with Crippen LogP contribution in [0.25, 0.3) is 11.4 Å². The second-order valence-electron chi connectivity index (χ2n) is 8.38. The fourth-order valence-electron chi connectivity index (χ4n) is 4.03. The molecule has 1 aliphatic rings. The molecule has 9 heteroatoms. The van der Waals surface area contributed by atoms with E-state index in [9.17, 15) is 9.59 Å². The molecule has 3 aromatic rings. The van der Waals surface area contributed by atoms with Crippen molar-refractivity contribution >= 4 is 11.9 Å². The molecule has 1 aromatic carbocycles. The van der Waals surface area contributed by atoms with E-state index in [1.807, 2.05) is 42.5 Å². The van der Waals surface area contributed by atoms with Crippen LogP contribution in [0.2, 0.25) is 0 Å². The Morgan fingerprint density at radius 2 is 2.03 bits per heavy atom. The van der Waals surface area contributed by atoms with Gasteiger partial charge in [-0.2, -0.15) is 4.98 Å². The molecule has 3 amide bonds. The topological polar surface area (TPSA) is 113 Å². The summed E-state index contributed by atoms with van der Waals surface area (Å²) >= 11 is 0. The van der Waals surface area contributed by atoms with Crippen molar-refractivity contribution in [3.63, 3.8) is 0 Å². The molecule has 2 aromatic heterocycles. The van der Waals surface area contributed by atoms with Gasteiger partial charge in [0.1, 0.15) is 0 Å². The number of pyridine rings is 1. The van der Waals surface area contributed by atoms with Crippen molar-refractivity contribution in [1.82, 2.24) is 30.7 Å². The Hall–Kier alpha value is -3.75. The lowest BCUT2D eigenvalue weighted by atomic mass is 9.99. The number of aromatic nitrogens is 3. The molecule has 2 N–H and O–H groups in total. The van der Waals surface area contributed by atoms with E-state index in [1.165, 1.54) is 5.56 Å². The maximum Gasteiger partial charge on any atom is 0.317 e. The predicted molar refractivity (Wildman–Crippen MR) is 127 cm³/mol. The minimum absolute atomic E-state index is 0.000636. The third-order valence-corrected chi connectivity index (χ3v) is 5.94. The first-order valence-corrected chi connectivity index (χ1v) is 11.8. The summed E-state index contributed by atoms with van der Waals surface area (Å²) in [5, 5.41) is 10.0. The Morgan fingerprint density at radius 1 is 1.15 bits per heavy atom. The fourth-order valence-corrected chi connectivity index (χ4v) is 4.03. The van der Waals surface area contributed by atoms with Crippen molar-refractivity contribution in [2.45, 2.75) is 38.0 Å². The van der Waals surface area contributed by atoms with Crippen molar-refractivity contribution < 1.29 is 14.1 Å². The lowest BCUT2D eigenvalue weighted by Crippen LogP contribution is -2.43. The summed E-state index contributed by atoms with van der Waals surface area (Å²) in [7, 11) is 0. The zero-order chi connectivity index (χ0) is 23.6. The van der Waals surface area contributed by atoms with Crippen LogP contribution >= 0.6 is 0 Å². The van der Waals surface area contributed by atoms with E-state index in [0.29, 0.717) is 44.3 Å². The Bertz CT molecular complexity index is 1060. The molecule has 1 saturated heterocycles. The minimum atomic E-state index is -0.142. The van der Waals surface area contributed by atoms with E-state index in [2.05, 4.69) is 25.8 Å². The van der Waals surface area contributed by atoms with Crippen molar-refractivity contribution in [1.29, 1.82) is 0 Å². The molecule has 0 bridgehead atoms. The van der Waals surface area contributed by atoms with Crippen molar-refractivity contribution in [2.24, 2.45) is 0 Å². The third kappa shape index (κ3) is 6.63. The van der Waals surface area contributed by atoms with E-state index in [-0.39, 0.29) is 24.3 Å². The monoisotopic (exact) mass is 462 g/mol. The van der Waals surface area contributed by atoms with Gasteiger partial charge in [0.2, 0.25) is 17.6 Å². The van der Waals surface area contributed by atoms with Crippen LogP contribution in [0.4, 0.5) is 4.79 Å². The number of nitrogens with zero attached hydrogens (tertiary/aromatic N) is 4. The highest BCUT2D eigenvalue weighted by atomic mass is 16.5. The van der Waals surface area contributed by atoms with Gasteiger partial charge in [-0.1, -0.05) is 35.5 Å². The molecule has 0 aliphatic carbocycles. The first kappa shape index (κ1) is 23.4. The van der Waals surface area contributed by atoms with Crippen LogP contribution in [0.3, 0.4) is 0 Å². The molecule has 0 radical (unpaired) electrons. The van der Waals surface area contributed by atoms with Gasteiger partial charge in [-0.05, 0) is 43.4 Å². The fraction of sp³-hybridized carbons (Fsp3) is 0.400. The van der Waals surface area contributed by atoms with E-state index in [0.717, 1.165) is 24.8 Å². The highest BCUT2D eigenvalue weighted by Gasteiger charge is 2.22. The lowest BCUT2D eigenvalue weighted by Gasteiger charge is -2.23. The normalized spacial score (nSPS) is 17.5. The van der Waals surface area contributed by atoms with Crippen LogP contribution in [0.1, 0.15) is 43.1 Å². The quantitative estimate of drug-likeness (QED) is 0.602.